The third kappa shape index (κ3) is 2.61. The summed E-state index contributed by atoms with van der Waals surface area (Å²) < 4.78 is 1.18. The lowest BCUT2D eigenvalue weighted by atomic mass is 10.1. The van der Waals surface area contributed by atoms with Crippen LogP contribution in [-0.2, 0) is 0 Å². The first-order valence-corrected chi connectivity index (χ1v) is 5.22. The first-order chi connectivity index (χ1) is 5.63. The maximum atomic E-state index is 5.92. The van der Waals surface area contributed by atoms with Crippen molar-refractivity contribution in [3.63, 3.8) is 0 Å². The molecule has 0 spiro atoms. The van der Waals surface area contributed by atoms with Crippen molar-refractivity contribution < 1.29 is 0 Å². The molecule has 0 saturated carbocycles. The molecule has 1 rings (SSSR count). The van der Waals surface area contributed by atoms with Crippen LogP contribution in [0, 0.1) is 3.57 Å². The van der Waals surface area contributed by atoms with Crippen molar-refractivity contribution in [3.8, 4) is 0 Å². The van der Waals surface area contributed by atoms with E-state index in [-0.39, 0.29) is 0 Å². The second kappa shape index (κ2) is 4.44. The number of hydrogen-bond acceptors (Lipinski definition) is 1. The minimum absolute atomic E-state index is 0.359. The van der Waals surface area contributed by atoms with E-state index in [2.05, 4.69) is 40.9 Å². The molecule has 1 atom stereocenters. The van der Waals surface area contributed by atoms with Crippen molar-refractivity contribution >= 4 is 34.2 Å². The Labute approximate surface area is 91.6 Å². The van der Waals surface area contributed by atoms with Crippen molar-refractivity contribution in [1.82, 2.24) is 5.32 Å². The molecule has 0 aromatic heterocycles. The molecule has 0 heterocycles. The number of halogens is 2. The first-order valence-electron chi connectivity index (χ1n) is 3.76. The van der Waals surface area contributed by atoms with Crippen molar-refractivity contribution in [2.24, 2.45) is 0 Å². The molecule has 1 unspecified atom stereocenters. The van der Waals surface area contributed by atoms with Crippen LogP contribution in [-0.4, -0.2) is 7.05 Å². The lowest BCUT2D eigenvalue weighted by Crippen LogP contribution is -2.12. The van der Waals surface area contributed by atoms with Gasteiger partial charge < -0.3 is 5.32 Å². The molecule has 1 nitrogen and oxygen atoms in total. The van der Waals surface area contributed by atoms with Gasteiger partial charge in [-0.05, 0) is 60.3 Å². The Balaban J connectivity index is 3.00. The Kier molecular flexibility index (Phi) is 3.80. The topological polar surface area (TPSA) is 12.0 Å². The summed E-state index contributed by atoms with van der Waals surface area (Å²) in [5, 5.41) is 3.98. The van der Waals surface area contributed by atoms with E-state index in [1.54, 1.807) is 0 Å². The molecule has 1 N–H and O–H groups in total. The average Bonchev–Trinajstić information content (AvgIpc) is 2.01. The zero-order chi connectivity index (χ0) is 9.14. The van der Waals surface area contributed by atoms with Crippen LogP contribution in [0.3, 0.4) is 0 Å². The molecule has 66 valence electrons. The van der Waals surface area contributed by atoms with Gasteiger partial charge >= 0.3 is 0 Å². The predicted octanol–water partition coefficient (Wildman–Crippen LogP) is 3.23. The summed E-state index contributed by atoms with van der Waals surface area (Å²) in [7, 11) is 1.94. The molecule has 0 amide bonds. The fraction of sp³-hybridized carbons (Fsp3) is 0.333. The van der Waals surface area contributed by atoms with Gasteiger partial charge in [0.2, 0.25) is 0 Å². The van der Waals surface area contributed by atoms with E-state index in [9.17, 15) is 0 Å². The Hall–Kier alpha value is 0.200. The molecule has 0 aliphatic heterocycles. The molecule has 0 fully saturated rings. The van der Waals surface area contributed by atoms with Crippen LogP contribution in [0.1, 0.15) is 18.5 Å². The third-order valence-corrected chi connectivity index (χ3v) is 2.66. The highest BCUT2D eigenvalue weighted by Gasteiger charge is 2.03. The number of nitrogens with one attached hydrogen (secondary N) is 1. The van der Waals surface area contributed by atoms with Crippen molar-refractivity contribution in [1.29, 1.82) is 0 Å². The van der Waals surface area contributed by atoms with Gasteiger partial charge in [-0.15, -0.1) is 0 Å². The quantitative estimate of drug-likeness (QED) is 0.826. The summed E-state index contributed by atoms with van der Waals surface area (Å²) in [4.78, 5) is 0. The summed E-state index contributed by atoms with van der Waals surface area (Å²) in [6.07, 6.45) is 0. The molecule has 0 radical (unpaired) electrons. The van der Waals surface area contributed by atoms with Gasteiger partial charge in [0.25, 0.3) is 0 Å². The second-order valence-corrected chi connectivity index (χ2v) is 4.40. The summed E-state index contributed by atoms with van der Waals surface area (Å²) in [6.45, 7) is 2.11. The van der Waals surface area contributed by atoms with Gasteiger partial charge in [-0.2, -0.15) is 0 Å². The van der Waals surface area contributed by atoms with E-state index >= 15 is 0 Å². The Bertz CT molecular complexity index is 255. The number of benzene rings is 1. The second-order valence-electron chi connectivity index (χ2n) is 2.71. The normalized spacial score (nSPS) is 13.0. The molecule has 1 aromatic carbocycles. The van der Waals surface area contributed by atoms with Crippen LogP contribution in [0.15, 0.2) is 18.2 Å². The smallest absolute Gasteiger partial charge is 0.0419 e. The summed E-state index contributed by atoms with van der Waals surface area (Å²) in [6, 6.07) is 6.43. The van der Waals surface area contributed by atoms with Crippen molar-refractivity contribution in [3.05, 3.63) is 32.4 Å². The van der Waals surface area contributed by atoms with Gasteiger partial charge in [-0.3, -0.25) is 0 Å². The highest BCUT2D eigenvalue weighted by molar-refractivity contribution is 14.1. The minimum atomic E-state index is 0.359. The average molecular weight is 296 g/mol. The lowest BCUT2D eigenvalue weighted by Gasteiger charge is -2.10. The van der Waals surface area contributed by atoms with Gasteiger partial charge in [0.1, 0.15) is 0 Å². The Morgan fingerprint density at radius 1 is 1.42 bits per heavy atom. The van der Waals surface area contributed by atoms with E-state index in [0.717, 1.165) is 5.02 Å². The fourth-order valence-electron chi connectivity index (χ4n) is 0.992. The van der Waals surface area contributed by atoms with E-state index in [4.69, 9.17) is 11.6 Å². The maximum Gasteiger partial charge on any atom is 0.0419 e. The Morgan fingerprint density at radius 3 is 2.58 bits per heavy atom. The highest BCUT2D eigenvalue weighted by Crippen LogP contribution is 2.20. The standard InChI is InChI=1S/C9H11ClIN/c1-6(12-2)7-3-8(10)5-9(11)4-7/h3-6,12H,1-2H3. The van der Waals surface area contributed by atoms with E-state index < -0.39 is 0 Å². The minimum Gasteiger partial charge on any atom is -0.313 e. The lowest BCUT2D eigenvalue weighted by molar-refractivity contribution is 0.652. The molecule has 12 heavy (non-hydrogen) atoms. The molecule has 0 aliphatic rings. The van der Waals surface area contributed by atoms with Crippen LogP contribution < -0.4 is 5.32 Å². The first kappa shape index (κ1) is 10.3. The zero-order valence-corrected chi connectivity index (χ0v) is 9.98. The zero-order valence-electron chi connectivity index (χ0n) is 7.07. The Morgan fingerprint density at radius 2 is 2.08 bits per heavy atom. The molecular weight excluding hydrogens is 284 g/mol. The molecular formula is C9H11ClIN. The predicted molar refractivity (Wildman–Crippen MR) is 61.6 cm³/mol. The third-order valence-electron chi connectivity index (χ3n) is 1.82. The highest BCUT2D eigenvalue weighted by atomic mass is 127. The molecule has 0 bridgehead atoms. The van der Waals surface area contributed by atoms with Crippen molar-refractivity contribution in [2.45, 2.75) is 13.0 Å². The monoisotopic (exact) mass is 295 g/mol. The largest absolute Gasteiger partial charge is 0.313 e. The van der Waals surface area contributed by atoms with E-state index in [1.807, 2.05) is 19.2 Å². The molecule has 3 heteroatoms. The molecule has 0 aliphatic carbocycles. The number of rotatable bonds is 2. The summed E-state index contributed by atoms with van der Waals surface area (Å²) in [5.41, 5.74) is 1.23. The van der Waals surface area contributed by atoms with E-state index in [0.29, 0.717) is 6.04 Å². The molecule has 1 aromatic rings. The van der Waals surface area contributed by atoms with Gasteiger partial charge in [0.05, 0.1) is 0 Å². The van der Waals surface area contributed by atoms with Crippen LogP contribution in [0.5, 0.6) is 0 Å². The summed E-state index contributed by atoms with van der Waals surface area (Å²) >= 11 is 8.19. The maximum absolute atomic E-state index is 5.92. The van der Waals surface area contributed by atoms with Crippen LogP contribution in [0.25, 0.3) is 0 Å². The van der Waals surface area contributed by atoms with Crippen LogP contribution in [0.4, 0.5) is 0 Å². The molecule has 0 saturated heterocycles. The van der Waals surface area contributed by atoms with Gasteiger partial charge in [-0.25, -0.2) is 0 Å². The SMILES string of the molecule is CNC(C)c1cc(Cl)cc(I)c1. The van der Waals surface area contributed by atoms with Gasteiger partial charge in [0.15, 0.2) is 0 Å². The summed E-state index contributed by atoms with van der Waals surface area (Å²) in [5.74, 6) is 0. The number of hydrogen-bond donors (Lipinski definition) is 1. The van der Waals surface area contributed by atoms with E-state index in [1.165, 1.54) is 9.13 Å². The van der Waals surface area contributed by atoms with Crippen LogP contribution in [0.2, 0.25) is 5.02 Å². The fourth-order valence-corrected chi connectivity index (χ4v) is 2.11. The van der Waals surface area contributed by atoms with Gasteiger partial charge in [-0.1, -0.05) is 11.6 Å². The van der Waals surface area contributed by atoms with Crippen molar-refractivity contribution in [2.75, 3.05) is 7.05 Å². The van der Waals surface area contributed by atoms with Gasteiger partial charge in [0, 0.05) is 14.6 Å². The van der Waals surface area contributed by atoms with Crippen LogP contribution >= 0.6 is 34.2 Å².